The smallest absolute Gasteiger partial charge is 0.235 e. The molecule has 0 unspecified atom stereocenters. The Bertz CT molecular complexity index is 2780. The summed E-state index contributed by atoms with van der Waals surface area (Å²) in [5, 5.41) is 10.9. The molecule has 4 nitrogen and oxygen atoms in total. The predicted molar refractivity (Wildman–Crippen MR) is 183 cm³/mol. The van der Waals surface area contributed by atoms with Crippen LogP contribution in [0.4, 0.5) is 0 Å². The maximum Gasteiger partial charge on any atom is 0.235 e. The second kappa shape index (κ2) is 8.76. The third kappa shape index (κ3) is 3.17. The monoisotopic (exact) mass is 560 g/mol. The summed E-state index contributed by atoms with van der Waals surface area (Å²) >= 11 is 0. The summed E-state index contributed by atoms with van der Waals surface area (Å²) in [7, 11) is 0. The summed E-state index contributed by atoms with van der Waals surface area (Å²) < 4.78 is 4.62. The number of hydrogen-bond acceptors (Lipinski definition) is 2. The van der Waals surface area contributed by atoms with E-state index in [1.54, 1.807) is 0 Å². The molecule has 204 valence electrons. The van der Waals surface area contributed by atoms with Crippen molar-refractivity contribution >= 4 is 76.1 Å². The Balaban J connectivity index is 1.30. The van der Waals surface area contributed by atoms with Crippen LogP contribution >= 0.6 is 0 Å². The number of nitrogens with zero attached hydrogens (tertiary/aromatic N) is 4. The van der Waals surface area contributed by atoms with Gasteiger partial charge in [0.2, 0.25) is 5.95 Å². The third-order valence-electron chi connectivity index (χ3n) is 9.14. The molecule has 44 heavy (non-hydrogen) atoms. The van der Waals surface area contributed by atoms with Crippen molar-refractivity contribution in [2.45, 2.75) is 0 Å². The van der Waals surface area contributed by atoms with Crippen LogP contribution in [0.3, 0.4) is 0 Å². The maximum absolute atomic E-state index is 5.00. The van der Waals surface area contributed by atoms with Crippen LogP contribution in [0.25, 0.3) is 87.7 Å². The summed E-state index contributed by atoms with van der Waals surface area (Å²) in [4.78, 5) is 9.83. The average molecular weight is 561 g/mol. The predicted octanol–water partition coefficient (Wildman–Crippen LogP) is 10.1. The lowest BCUT2D eigenvalue weighted by Gasteiger charge is -2.11. The van der Waals surface area contributed by atoms with Gasteiger partial charge >= 0.3 is 0 Å². The van der Waals surface area contributed by atoms with Crippen LogP contribution in [0.1, 0.15) is 0 Å². The number of hydrogen-bond donors (Lipinski definition) is 0. The summed E-state index contributed by atoms with van der Waals surface area (Å²) in [6.45, 7) is 0. The molecule has 10 rings (SSSR count). The number of aromatic nitrogens is 4. The molecule has 0 N–H and O–H groups in total. The Hall–Kier alpha value is -6.00. The molecule has 3 heterocycles. The molecule has 0 bridgehead atoms. The van der Waals surface area contributed by atoms with Gasteiger partial charge < -0.3 is 4.57 Å². The molecule has 4 heteroatoms. The number of para-hydroxylation sites is 3. The van der Waals surface area contributed by atoms with Crippen LogP contribution in [-0.2, 0) is 0 Å². The van der Waals surface area contributed by atoms with Crippen LogP contribution in [0.5, 0.6) is 0 Å². The van der Waals surface area contributed by atoms with Gasteiger partial charge in [0.1, 0.15) is 0 Å². The molecule has 0 atom stereocenters. The summed E-state index contributed by atoms with van der Waals surface area (Å²) in [5.41, 5.74) is 6.69. The Morgan fingerprint density at radius 3 is 1.77 bits per heavy atom. The highest BCUT2D eigenvalue weighted by molar-refractivity contribution is 6.23. The van der Waals surface area contributed by atoms with E-state index in [0.717, 1.165) is 27.6 Å². The SMILES string of the molecule is c1ccc2nc(-n3c4ccccc4c4c5cc(-n6c7ccccc7c7c8ccccc8ccc76)ccc5ccc43)ncc2c1. The summed E-state index contributed by atoms with van der Waals surface area (Å²) in [6, 6.07) is 50.0. The van der Waals surface area contributed by atoms with Crippen LogP contribution < -0.4 is 0 Å². The lowest BCUT2D eigenvalue weighted by Crippen LogP contribution is -2.00. The first-order valence-corrected chi connectivity index (χ1v) is 14.9. The van der Waals surface area contributed by atoms with Crippen LogP contribution in [0.2, 0.25) is 0 Å². The molecular weight excluding hydrogens is 536 g/mol. The van der Waals surface area contributed by atoms with E-state index in [-0.39, 0.29) is 0 Å². The minimum Gasteiger partial charge on any atom is -0.309 e. The summed E-state index contributed by atoms with van der Waals surface area (Å²) in [6.07, 6.45) is 1.92. The zero-order chi connectivity index (χ0) is 28.8. The molecule has 0 radical (unpaired) electrons. The van der Waals surface area contributed by atoms with Crippen molar-refractivity contribution in [3.63, 3.8) is 0 Å². The van der Waals surface area contributed by atoms with Crippen molar-refractivity contribution in [2.24, 2.45) is 0 Å². The molecule has 0 saturated heterocycles. The standard InChI is InChI=1S/C40H24N4/c1-3-11-29-25(9-1)18-21-36-38(29)30-12-4-7-15-34(30)43(36)28-20-17-26-19-22-37-39(32(26)23-28)31-13-5-8-16-35(31)44(37)40-41-24-27-10-2-6-14-33(27)42-40/h1-24H. The second-order valence-electron chi connectivity index (χ2n) is 11.5. The Kier molecular flexibility index (Phi) is 4.69. The first-order chi connectivity index (χ1) is 21.8. The summed E-state index contributed by atoms with van der Waals surface area (Å²) in [5.74, 6) is 0.680. The van der Waals surface area contributed by atoms with Crippen LogP contribution in [0, 0.1) is 0 Å². The van der Waals surface area contributed by atoms with Gasteiger partial charge in [-0.15, -0.1) is 0 Å². The van der Waals surface area contributed by atoms with E-state index in [1.807, 2.05) is 24.4 Å². The molecule has 0 aliphatic carbocycles. The van der Waals surface area contributed by atoms with Gasteiger partial charge in [0.15, 0.2) is 0 Å². The molecule has 0 aliphatic heterocycles. The molecule has 7 aromatic carbocycles. The fourth-order valence-electron chi connectivity index (χ4n) is 7.22. The van der Waals surface area contributed by atoms with E-state index in [1.165, 1.54) is 54.1 Å². The second-order valence-corrected chi connectivity index (χ2v) is 11.5. The Labute approximate surface area is 252 Å². The zero-order valence-electron chi connectivity index (χ0n) is 23.6. The normalized spacial score (nSPS) is 12.1. The largest absolute Gasteiger partial charge is 0.309 e. The molecule has 0 saturated carbocycles. The van der Waals surface area contributed by atoms with Crippen molar-refractivity contribution in [1.29, 1.82) is 0 Å². The quantitative estimate of drug-likeness (QED) is 0.211. The van der Waals surface area contributed by atoms with Gasteiger partial charge in [0.05, 0.1) is 27.6 Å². The van der Waals surface area contributed by atoms with E-state index in [2.05, 4.69) is 130 Å². The van der Waals surface area contributed by atoms with Crippen LogP contribution in [0.15, 0.2) is 146 Å². The highest BCUT2D eigenvalue weighted by atomic mass is 15.2. The average Bonchev–Trinajstić information content (AvgIpc) is 3.61. The molecule has 0 aliphatic rings. The minimum atomic E-state index is 0.680. The van der Waals surface area contributed by atoms with Crippen LogP contribution in [-0.4, -0.2) is 19.1 Å². The molecule has 0 amide bonds. The fraction of sp³-hybridized carbons (Fsp3) is 0. The van der Waals surface area contributed by atoms with Crippen molar-refractivity contribution < 1.29 is 0 Å². The number of rotatable bonds is 2. The highest BCUT2D eigenvalue weighted by Gasteiger charge is 2.19. The molecule has 0 spiro atoms. The van der Waals surface area contributed by atoms with Gasteiger partial charge in [-0.3, -0.25) is 4.57 Å². The van der Waals surface area contributed by atoms with Gasteiger partial charge in [-0.25, -0.2) is 9.97 Å². The van der Waals surface area contributed by atoms with Crippen molar-refractivity contribution in [1.82, 2.24) is 19.1 Å². The highest BCUT2D eigenvalue weighted by Crippen LogP contribution is 2.40. The zero-order valence-corrected chi connectivity index (χ0v) is 23.6. The fourth-order valence-corrected chi connectivity index (χ4v) is 7.22. The van der Waals surface area contributed by atoms with E-state index >= 15 is 0 Å². The Morgan fingerprint density at radius 2 is 0.977 bits per heavy atom. The van der Waals surface area contributed by atoms with Gasteiger partial charge in [-0.2, -0.15) is 0 Å². The van der Waals surface area contributed by atoms with E-state index in [9.17, 15) is 0 Å². The van der Waals surface area contributed by atoms with Gasteiger partial charge in [-0.05, 0) is 64.0 Å². The lowest BCUT2D eigenvalue weighted by molar-refractivity contribution is 1.01. The van der Waals surface area contributed by atoms with Gasteiger partial charge in [-0.1, -0.05) is 97.1 Å². The first kappa shape index (κ1) is 23.6. The lowest BCUT2D eigenvalue weighted by atomic mass is 10.0. The molecule has 0 fully saturated rings. The first-order valence-electron chi connectivity index (χ1n) is 14.9. The van der Waals surface area contributed by atoms with E-state index < -0.39 is 0 Å². The molecular formula is C40H24N4. The minimum absolute atomic E-state index is 0.680. The third-order valence-corrected chi connectivity index (χ3v) is 9.14. The maximum atomic E-state index is 5.00. The molecule has 3 aromatic heterocycles. The van der Waals surface area contributed by atoms with Crippen molar-refractivity contribution in [3.05, 3.63) is 146 Å². The number of fused-ring (bicyclic) bond motifs is 11. The van der Waals surface area contributed by atoms with E-state index in [0.29, 0.717) is 5.95 Å². The number of benzene rings is 7. The Morgan fingerprint density at radius 1 is 0.409 bits per heavy atom. The van der Waals surface area contributed by atoms with Crippen molar-refractivity contribution in [2.75, 3.05) is 0 Å². The van der Waals surface area contributed by atoms with E-state index in [4.69, 9.17) is 9.97 Å². The van der Waals surface area contributed by atoms with Gasteiger partial charge in [0.25, 0.3) is 0 Å². The van der Waals surface area contributed by atoms with Crippen molar-refractivity contribution in [3.8, 4) is 11.6 Å². The topological polar surface area (TPSA) is 35.6 Å². The van der Waals surface area contributed by atoms with Gasteiger partial charge in [0, 0.05) is 38.8 Å². The molecule has 10 aromatic rings.